The van der Waals surface area contributed by atoms with Crippen LogP contribution in [0.1, 0.15) is 33.3 Å². The van der Waals surface area contributed by atoms with Crippen LogP contribution in [0.4, 0.5) is 5.69 Å². The van der Waals surface area contributed by atoms with Crippen molar-refractivity contribution in [2.24, 2.45) is 11.7 Å². The number of rotatable bonds is 10. The molecule has 5 aromatic carbocycles. The molecule has 0 aliphatic heterocycles. The third kappa shape index (κ3) is 6.39. The number of fused-ring (bicyclic) bond motifs is 1. The molecule has 0 radical (unpaired) electrons. The number of nitro benzene ring substituents is 1. The van der Waals surface area contributed by atoms with Crippen molar-refractivity contribution in [1.82, 2.24) is 0 Å². The molecule has 10 nitrogen and oxygen atoms in total. The fraction of sp³-hybridized carbons (Fsp3) is 0.0732. The van der Waals surface area contributed by atoms with E-state index in [2.05, 4.69) is 6.07 Å². The highest BCUT2D eigenvalue weighted by atomic mass is 16.6. The van der Waals surface area contributed by atoms with Crippen molar-refractivity contribution in [1.29, 1.82) is 15.8 Å². The molecule has 1 heterocycles. The number of hydrogen-bond donors (Lipinski definition) is 2. The Morgan fingerprint density at radius 3 is 1.90 bits per heavy atom. The molecular weight excluding hydrogens is 642 g/mol. The predicted molar refractivity (Wildman–Crippen MR) is 190 cm³/mol. The van der Waals surface area contributed by atoms with E-state index >= 15 is 4.79 Å². The SMILES string of the molecule is N#CC(C#N)=C(N)C(C#N)C(c1ccc([N+](=O)[O-])cc1)C(C(=O)c1cc2c(-c3ccccc3)c(-c3ccccc3)oc2cc1O)c1ccccc1. The standard InChI is InChI=1S/C41H27N5O5/c42-22-29(23-43)39(45)33(24-44)36(27-16-18-30(19-17-27)46(49)50)38(26-12-6-2-7-13-26)40(48)31-20-32-35(21-34(31)47)51-41(28-14-8-3-9-15-28)37(32)25-10-4-1-5-11-25/h1-21,33,36,38,47H,45H2. The van der Waals surface area contributed by atoms with Crippen molar-refractivity contribution in [3.05, 3.63) is 165 Å². The first-order valence-corrected chi connectivity index (χ1v) is 15.7. The molecule has 51 heavy (non-hydrogen) atoms. The highest BCUT2D eigenvalue weighted by Gasteiger charge is 2.40. The van der Waals surface area contributed by atoms with Gasteiger partial charge in [-0.05, 0) is 22.8 Å². The van der Waals surface area contributed by atoms with Gasteiger partial charge in [-0.15, -0.1) is 0 Å². The topological polar surface area (TPSA) is 191 Å². The Morgan fingerprint density at radius 1 is 0.784 bits per heavy atom. The van der Waals surface area contributed by atoms with Crippen LogP contribution < -0.4 is 5.73 Å². The fourth-order valence-electron chi connectivity index (χ4n) is 6.41. The third-order valence-electron chi connectivity index (χ3n) is 8.80. The van der Waals surface area contributed by atoms with Gasteiger partial charge >= 0.3 is 0 Å². The van der Waals surface area contributed by atoms with Gasteiger partial charge in [0.05, 0.1) is 34.1 Å². The van der Waals surface area contributed by atoms with Gasteiger partial charge in [0, 0.05) is 40.6 Å². The molecule has 0 amide bonds. The molecule has 3 N–H and O–H groups in total. The van der Waals surface area contributed by atoms with Crippen LogP contribution in [0.3, 0.4) is 0 Å². The Morgan fingerprint density at radius 2 is 1.35 bits per heavy atom. The number of hydrogen-bond acceptors (Lipinski definition) is 9. The van der Waals surface area contributed by atoms with E-state index in [9.17, 15) is 31.0 Å². The first-order valence-electron chi connectivity index (χ1n) is 15.7. The van der Waals surface area contributed by atoms with Crippen molar-refractivity contribution >= 4 is 22.4 Å². The summed E-state index contributed by atoms with van der Waals surface area (Å²) in [6, 6.07) is 41.2. The molecule has 0 spiro atoms. The molecule has 0 aliphatic carbocycles. The number of carbonyl (C=O) groups excluding carboxylic acids is 1. The number of Topliss-reactive ketones (excluding diaryl/α,β-unsaturated/α-hetero) is 1. The smallest absolute Gasteiger partial charge is 0.269 e. The van der Waals surface area contributed by atoms with Crippen molar-refractivity contribution in [2.45, 2.75) is 11.8 Å². The van der Waals surface area contributed by atoms with E-state index < -0.39 is 34.0 Å². The number of phenolic OH excluding ortho intramolecular Hbond substituents is 1. The zero-order valence-electron chi connectivity index (χ0n) is 26.8. The quantitative estimate of drug-likeness (QED) is 0.0622. The monoisotopic (exact) mass is 669 g/mol. The maximum atomic E-state index is 15.1. The van der Waals surface area contributed by atoms with Crippen LogP contribution in [0.5, 0.6) is 5.75 Å². The minimum absolute atomic E-state index is 0.0825. The van der Waals surface area contributed by atoms with Gasteiger partial charge < -0.3 is 15.3 Å². The number of nitrogens with two attached hydrogens (primary N) is 1. The van der Waals surface area contributed by atoms with Crippen LogP contribution in [0, 0.1) is 50.0 Å². The number of furan rings is 1. The number of ketones is 1. The lowest BCUT2D eigenvalue weighted by Crippen LogP contribution is -2.30. The average Bonchev–Trinajstić information content (AvgIpc) is 3.54. The number of allylic oxidation sites excluding steroid dienone is 2. The maximum Gasteiger partial charge on any atom is 0.269 e. The highest BCUT2D eigenvalue weighted by molar-refractivity contribution is 6.10. The van der Waals surface area contributed by atoms with Crippen LogP contribution in [-0.4, -0.2) is 15.8 Å². The molecule has 3 atom stereocenters. The minimum Gasteiger partial charge on any atom is -0.507 e. The molecule has 1 aromatic heterocycles. The van der Waals surface area contributed by atoms with Gasteiger partial charge in [0.15, 0.2) is 5.78 Å². The number of nitro groups is 1. The summed E-state index contributed by atoms with van der Waals surface area (Å²) in [6.07, 6.45) is 0. The second-order valence-corrected chi connectivity index (χ2v) is 11.7. The van der Waals surface area contributed by atoms with Gasteiger partial charge in [0.2, 0.25) is 0 Å². The van der Waals surface area contributed by atoms with Gasteiger partial charge in [-0.2, -0.15) is 15.8 Å². The summed E-state index contributed by atoms with van der Waals surface area (Å²) in [5.41, 5.74) is 8.55. The summed E-state index contributed by atoms with van der Waals surface area (Å²) in [6.45, 7) is 0. The Labute approximate surface area is 292 Å². The Hall–Kier alpha value is -7.48. The summed E-state index contributed by atoms with van der Waals surface area (Å²) in [4.78, 5) is 26.0. The van der Waals surface area contributed by atoms with Crippen molar-refractivity contribution in [3.63, 3.8) is 0 Å². The predicted octanol–water partition coefficient (Wildman–Crippen LogP) is 8.53. The number of benzene rings is 5. The van der Waals surface area contributed by atoms with Crippen molar-refractivity contribution in [2.75, 3.05) is 0 Å². The molecule has 3 unspecified atom stereocenters. The summed E-state index contributed by atoms with van der Waals surface area (Å²) < 4.78 is 6.33. The molecule has 246 valence electrons. The van der Waals surface area contributed by atoms with E-state index in [1.165, 1.54) is 30.3 Å². The van der Waals surface area contributed by atoms with Crippen LogP contribution in [0.25, 0.3) is 33.4 Å². The number of aromatic hydroxyl groups is 1. The zero-order chi connectivity index (χ0) is 36.1. The number of phenols is 1. The lowest BCUT2D eigenvalue weighted by molar-refractivity contribution is -0.384. The maximum absolute atomic E-state index is 15.1. The number of nitriles is 3. The minimum atomic E-state index is -1.42. The van der Waals surface area contributed by atoms with Crippen LogP contribution in [-0.2, 0) is 0 Å². The van der Waals surface area contributed by atoms with E-state index in [1.54, 1.807) is 48.5 Å². The molecule has 0 saturated carbocycles. The first kappa shape index (κ1) is 33.4. The molecule has 0 bridgehead atoms. The molecule has 6 rings (SSSR count). The summed E-state index contributed by atoms with van der Waals surface area (Å²) in [5.74, 6) is -4.27. The van der Waals surface area contributed by atoms with E-state index in [0.717, 1.165) is 11.1 Å². The van der Waals surface area contributed by atoms with E-state index in [1.807, 2.05) is 60.7 Å². The summed E-state index contributed by atoms with van der Waals surface area (Å²) >= 11 is 0. The Balaban J connectivity index is 1.62. The van der Waals surface area contributed by atoms with Crippen LogP contribution >= 0.6 is 0 Å². The largest absolute Gasteiger partial charge is 0.507 e. The van der Waals surface area contributed by atoms with Crippen molar-refractivity contribution < 1.29 is 19.2 Å². The summed E-state index contributed by atoms with van der Waals surface area (Å²) in [7, 11) is 0. The second-order valence-electron chi connectivity index (χ2n) is 11.7. The lowest BCUT2D eigenvalue weighted by Gasteiger charge is -2.31. The summed E-state index contributed by atoms with van der Waals surface area (Å²) in [5, 5.41) is 53.5. The van der Waals surface area contributed by atoms with Gasteiger partial charge in [-0.1, -0.05) is 103 Å². The molecule has 10 heteroatoms. The van der Waals surface area contributed by atoms with Gasteiger partial charge in [-0.25, -0.2) is 0 Å². The average molecular weight is 670 g/mol. The molecule has 0 saturated heterocycles. The molecule has 6 aromatic rings. The van der Waals surface area contributed by atoms with E-state index in [0.29, 0.717) is 33.4 Å². The first-order chi connectivity index (χ1) is 24.8. The highest BCUT2D eigenvalue weighted by Crippen LogP contribution is 2.47. The fourth-order valence-corrected chi connectivity index (χ4v) is 6.41. The second kappa shape index (κ2) is 14.3. The molecule has 0 fully saturated rings. The zero-order valence-corrected chi connectivity index (χ0v) is 26.8. The van der Waals surface area contributed by atoms with E-state index in [4.69, 9.17) is 10.2 Å². The number of non-ortho nitro benzene ring substituents is 1. The van der Waals surface area contributed by atoms with Gasteiger partial charge in [0.1, 0.15) is 34.8 Å². The number of carbonyl (C=O) groups is 1. The van der Waals surface area contributed by atoms with Gasteiger partial charge in [0.25, 0.3) is 5.69 Å². The third-order valence-corrected chi connectivity index (χ3v) is 8.80. The molecular formula is C41H27N5O5. The Bertz CT molecular complexity index is 2400. The normalized spacial score (nSPS) is 12.4. The van der Waals surface area contributed by atoms with Crippen LogP contribution in [0.2, 0.25) is 0 Å². The molecule has 0 aliphatic rings. The van der Waals surface area contributed by atoms with Crippen molar-refractivity contribution in [3.8, 4) is 46.4 Å². The van der Waals surface area contributed by atoms with Crippen LogP contribution in [0.15, 0.2) is 143 Å². The lowest BCUT2D eigenvalue weighted by atomic mass is 9.70. The number of nitrogens with zero attached hydrogens (tertiary/aromatic N) is 4. The van der Waals surface area contributed by atoms with E-state index in [-0.39, 0.29) is 22.7 Å². The van der Waals surface area contributed by atoms with Gasteiger partial charge in [-0.3, -0.25) is 14.9 Å². The Kier molecular flexibility index (Phi) is 9.39.